The van der Waals surface area contributed by atoms with E-state index in [2.05, 4.69) is 9.71 Å². The fourth-order valence-corrected chi connectivity index (χ4v) is 3.88. The van der Waals surface area contributed by atoms with Gasteiger partial charge in [-0.2, -0.15) is 0 Å². The molecule has 2 rings (SSSR count). The number of nitrogens with zero attached hydrogens (tertiary/aromatic N) is 1. The first-order valence-electron chi connectivity index (χ1n) is 5.36. The van der Waals surface area contributed by atoms with Crippen molar-refractivity contribution in [2.24, 2.45) is 0 Å². The van der Waals surface area contributed by atoms with E-state index in [1.54, 1.807) is 19.1 Å². The molecule has 1 aromatic carbocycles. The van der Waals surface area contributed by atoms with Crippen LogP contribution in [0.25, 0.3) is 0 Å². The number of thiazole rings is 1. The van der Waals surface area contributed by atoms with Crippen molar-refractivity contribution in [2.75, 3.05) is 5.73 Å². The van der Waals surface area contributed by atoms with Crippen molar-refractivity contribution < 1.29 is 12.8 Å². The molecule has 0 saturated carbocycles. The van der Waals surface area contributed by atoms with Gasteiger partial charge in [-0.3, -0.25) is 0 Å². The second kappa shape index (κ2) is 5.24. The van der Waals surface area contributed by atoms with E-state index in [9.17, 15) is 12.8 Å². The number of nitrogens with one attached hydrogen (secondary N) is 1. The van der Waals surface area contributed by atoms with Crippen LogP contribution in [0.4, 0.5) is 9.52 Å². The number of rotatable bonds is 4. The molecule has 0 spiro atoms. The summed E-state index contributed by atoms with van der Waals surface area (Å²) in [5, 5.41) is 0.184. The summed E-state index contributed by atoms with van der Waals surface area (Å²) in [7, 11) is -3.73. The van der Waals surface area contributed by atoms with Crippen LogP contribution in [0.3, 0.4) is 0 Å². The number of halogens is 1. The Labute approximate surface area is 114 Å². The van der Waals surface area contributed by atoms with Gasteiger partial charge in [-0.15, -0.1) is 0 Å². The second-order valence-corrected chi connectivity index (χ2v) is 6.83. The zero-order valence-corrected chi connectivity index (χ0v) is 11.7. The topological polar surface area (TPSA) is 85.1 Å². The molecule has 8 heteroatoms. The number of hydrogen-bond donors (Lipinski definition) is 2. The minimum atomic E-state index is -3.73. The highest BCUT2D eigenvalue weighted by Crippen LogP contribution is 2.24. The molecule has 1 heterocycles. The van der Waals surface area contributed by atoms with Crippen molar-refractivity contribution in [1.82, 2.24) is 9.71 Å². The number of aryl methyl sites for hydroxylation is 1. The van der Waals surface area contributed by atoms with E-state index in [1.165, 1.54) is 12.1 Å². The highest BCUT2D eigenvalue weighted by molar-refractivity contribution is 7.91. The molecule has 0 radical (unpaired) electrons. The highest BCUT2D eigenvalue weighted by Gasteiger charge is 2.21. The zero-order valence-electron chi connectivity index (χ0n) is 10.1. The van der Waals surface area contributed by atoms with Gasteiger partial charge in [0.2, 0.25) is 0 Å². The molecule has 102 valence electrons. The van der Waals surface area contributed by atoms with Crippen LogP contribution in [-0.2, 0) is 16.6 Å². The molecule has 0 saturated heterocycles. The summed E-state index contributed by atoms with van der Waals surface area (Å²) in [6.07, 6.45) is 0. The molecule has 1 aromatic heterocycles. The van der Waals surface area contributed by atoms with Crippen LogP contribution in [0.15, 0.2) is 28.5 Å². The maximum atomic E-state index is 13.4. The molecule has 19 heavy (non-hydrogen) atoms. The smallest absolute Gasteiger partial charge is 0.252 e. The molecule has 0 aliphatic carbocycles. The Hall–Kier alpha value is -1.51. The number of hydrogen-bond acceptors (Lipinski definition) is 5. The van der Waals surface area contributed by atoms with Crippen LogP contribution in [0, 0.1) is 12.7 Å². The fraction of sp³-hybridized carbons (Fsp3) is 0.182. The molecule has 0 unspecified atom stereocenters. The Bertz CT molecular complexity index is 698. The van der Waals surface area contributed by atoms with E-state index in [-0.39, 0.29) is 21.4 Å². The molecular formula is C11H12FN3O2S2. The van der Waals surface area contributed by atoms with Gasteiger partial charge in [-0.25, -0.2) is 22.5 Å². The van der Waals surface area contributed by atoms with Gasteiger partial charge in [0, 0.05) is 12.1 Å². The van der Waals surface area contributed by atoms with Gasteiger partial charge in [-0.05, 0) is 13.0 Å². The van der Waals surface area contributed by atoms with Crippen LogP contribution >= 0.6 is 11.3 Å². The van der Waals surface area contributed by atoms with Crippen molar-refractivity contribution in [1.29, 1.82) is 0 Å². The lowest BCUT2D eigenvalue weighted by Gasteiger charge is -2.06. The van der Waals surface area contributed by atoms with E-state index in [0.29, 0.717) is 5.69 Å². The number of aromatic nitrogens is 1. The SMILES string of the molecule is Cc1nc(N)sc1S(=O)(=O)NCc1ccccc1F. The maximum absolute atomic E-state index is 13.4. The number of anilines is 1. The molecule has 0 aliphatic heterocycles. The largest absolute Gasteiger partial charge is 0.375 e. The Balaban J connectivity index is 2.19. The van der Waals surface area contributed by atoms with Crippen molar-refractivity contribution in [2.45, 2.75) is 17.7 Å². The second-order valence-electron chi connectivity index (χ2n) is 3.84. The number of benzene rings is 1. The summed E-state index contributed by atoms with van der Waals surface area (Å²) in [5.41, 5.74) is 6.08. The Morgan fingerprint density at radius 1 is 1.42 bits per heavy atom. The standard InChI is InChI=1S/C11H12FN3O2S2/c1-7-10(18-11(13)15-7)19(16,17)14-6-8-4-2-3-5-9(8)12/h2-5,14H,6H2,1H3,(H2,13,15). The van der Waals surface area contributed by atoms with Crippen molar-refractivity contribution in [3.8, 4) is 0 Å². The number of nitrogens with two attached hydrogens (primary N) is 1. The third-order valence-electron chi connectivity index (χ3n) is 2.43. The van der Waals surface area contributed by atoms with Crippen molar-refractivity contribution in [3.05, 3.63) is 41.3 Å². The average Bonchev–Trinajstić information content (AvgIpc) is 2.68. The zero-order chi connectivity index (χ0) is 14.0. The summed E-state index contributed by atoms with van der Waals surface area (Å²) in [4.78, 5) is 3.85. The number of sulfonamides is 1. The van der Waals surface area contributed by atoms with Crippen LogP contribution in [0.1, 0.15) is 11.3 Å². The molecule has 0 amide bonds. The Kier molecular flexibility index (Phi) is 3.83. The van der Waals surface area contributed by atoms with Crippen LogP contribution < -0.4 is 10.5 Å². The minimum absolute atomic E-state index is 0.0568. The van der Waals surface area contributed by atoms with Gasteiger partial charge in [0.25, 0.3) is 10.0 Å². The van der Waals surface area contributed by atoms with Crippen LogP contribution in [-0.4, -0.2) is 13.4 Å². The van der Waals surface area contributed by atoms with Crippen molar-refractivity contribution >= 4 is 26.5 Å². The highest BCUT2D eigenvalue weighted by atomic mass is 32.2. The van der Waals surface area contributed by atoms with Gasteiger partial charge in [0.15, 0.2) is 9.34 Å². The molecule has 3 N–H and O–H groups in total. The Morgan fingerprint density at radius 3 is 2.68 bits per heavy atom. The third-order valence-corrected chi connectivity index (χ3v) is 5.42. The van der Waals surface area contributed by atoms with E-state index in [0.717, 1.165) is 11.3 Å². The van der Waals surface area contributed by atoms with Gasteiger partial charge in [-0.1, -0.05) is 29.5 Å². The normalized spacial score (nSPS) is 11.7. The molecule has 5 nitrogen and oxygen atoms in total. The quantitative estimate of drug-likeness (QED) is 0.899. The van der Waals surface area contributed by atoms with Gasteiger partial charge in [0.1, 0.15) is 5.82 Å². The summed E-state index contributed by atoms with van der Waals surface area (Å²) in [6, 6.07) is 5.98. The first kappa shape index (κ1) is 13.9. The minimum Gasteiger partial charge on any atom is -0.375 e. The molecule has 0 fully saturated rings. The lowest BCUT2D eigenvalue weighted by Crippen LogP contribution is -2.23. The molecule has 0 aliphatic rings. The lowest BCUT2D eigenvalue weighted by atomic mass is 10.2. The predicted molar refractivity (Wildman–Crippen MR) is 71.7 cm³/mol. The van der Waals surface area contributed by atoms with Crippen molar-refractivity contribution in [3.63, 3.8) is 0 Å². The van der Waals surface area contributed by atoms with Gasteiger partial charge < -0.3 is 5.73 Å². The average molecular weight is 301 g/mol. The van der Waals surface area contributed by atoms with Crippen LogP contribution in [0.5, 0.6) is 0 Å². The Morgan fingerprint density at radius 2 is 2.11 bits per heavy atom. The maximum Gasteiger partial charge on any atom is 0.252 e. The monoisotopic (exact) mass is 301 g/mol. The molecule has 0 atom stereocenters. The summed E-state index contributed by atoms with van der Waals surface area (Å²) in [5.74, 6) is -0.453. The summed E-state index contributed by atoms with van der Waals surface area (Å²) in [6.45, 7) is 1.44. The molecule has 0 bridgehead atoms. The van der Waals surface area contributed by atoms with E-state index in [4.69, 9.17) is 5.73 Å². The van der Waals surface area contributed by atoms with E-state index < -0.39 is 15.8 Å². The third kappa shape index (κ3) is 3.09. The van der Waals surface area contributed by atoms with Crippen LogP contribution in [0.2, 0.25) is 0 Å². The van der Waals surface area contributed by atoms with E-state index >= 15 is 0 Å². The van der Waals surface area contributed by atoms with Gasteiger partial charge >= 0.3 is 0 Å². The van der Waals surface area contributed by atoms with Gasteiger partial charge in [0.05, 0.1) is 5.69 Å². The lowest BCUT2D eigenvalue weighted by molar-refractivity contribution is 0.575. The fourth-order valence-electron chi connectivity index (χ4n) is 1.53. The number of nitrogen functional groups attached to an aromatic ring is 1. The van der Waals surface area contributed by atoms with E-state index in [1.807, 2.05) is 0 Å². The summed E-state index contributed by atoms with van der Waals surface area (Å²) < 4.78 is 39.8. The first-order chi connectivity index (χ1) is 8.90. The predicted octanol–water partition coefficient (Wildman–Crippen LogP) is 1.65. The molecular weight excluding hydrogens is 289 g/mol. The summed E-state index contributed by atoms with van der Waals surface area (Å²) >= 11 is 0.883. The molecule has 2 aromatic rings. The first-order valence-corrected chi connectivity index (χ1v) is 7.66.